The van der Waals surface area contributed by atoms with Crippen molar-refractivity contribution < 1.29 is 18.7 Å². The molecule has 160 valence electrons. The van der Waals surface area contributed by atoms with Crippen LogP contribution in [0, 0.1) is 0 Å². The van der Waals surface area contributed by atoms with Crippen LogP contribution >= 0.6 is 0 Å². The summed E-state index contributed by atoms with van der Waals surface area (Å²) in [6.45, 7) is -0.503. The Balaban J connectivity index is 1.32. The first kappa shape index (κ1) is 19.5. The predicted molar refractivity (Wildman–Crippen MR) is 114 cm³/mol. The maximum atomic E-state index is 12.5. The zero-order chi connectivity index (χ0) is 22.2. The maximum Gasteiger partial charge on any atom is 0.344 e. The standard InChI is InChI=1S/C22H16N4O6/c1-25-21(29)15-4-2-3-5-16(15)26-18(23-24-22(25)26)11-31-20(28)12-30-14-8-6-13-7-9-19(27)32-17(13)10-14/h2-10H,11-12H2,1H3. The van der Waals surface area contributed by atoms with Crippen molar-refractivity contribution >= 4 is 33.6 Å². The van der Waals surface area contributed by atoms with Crippen molar-refractivity contribution in [3.63, 3.8) is 0 Å². The lowest BCUT2D eigenvalue weighted by Crippen LogP contribution is -2.21. The van der Waals surface area contributed by atoms with E-state index in [1.54, 1.807) is 53.9 Å². The van der Waals surface area contributed by atoms with Crippen LogP contribution in [0.15, 0.2) is 68.6 Å². The highest BCUT2D eigenvalue weighted by Crippen LogP contribution is 2.19. The summed E-state index contributed by atoms with van der Waals surface area (Å²) in [5, 5.41) is 9.36. The molecule has 10 heteroatoms. The summed E-state index contributed by atoms with van der Waals surface area (Å²) >= 11 is 0. The summed E-state index contributed by atoms with van der Waals surface area (Å²) in [7, 11) is 1.61. The van der Waals surface area contributed by atoms with Crippen LogP contribution in [0.4, 0.5) is 0 Å². The molecule has 2 aromatic carbocycles. The van der Waals surface area contributed by atoms with Crippen LogP contribution in [-0.4, -0.2) is 31.7 Å². The molecule has 0 aliphatic carbocycles. The number of aromatic nitrogens is 4. The number of hydrogen-bond donors (Lipinski definition) is 0. The van der Waals surface area contributed by atoms with Gasteiger partial charge < -0.3 is 13.9 Å². The Morgan fingerprint density at radius 3 is 2.75 bits per heavy atom. The molecular weight excluding hydrogens is 416 g/mol. The Kier molecular flexibility index (Phi) is 4.66. The zero-order valence-electron chi connectivity index (χ0n) is 16.8. The minimum Gasteiger partial charge on any atom is -0.482 e. The van der Waals surface area contributed by atoms with Gasteiger partial charge >= 0.3 is 11.6 Å². The number of fused-ring (bicyclic) bond motifs is 4. The van der Waals surface area contributed by atoms with Gasteiger partial charge in [-0.15, -0.1) is 10.2 Å². The molecule has 3 heterocycles. The first-order valence-electron chi connectivity index (χ1n) is 9.65. The summed E-state index contributed by atoms with van der Waals surface area (Å²) in [6.07, 6.45) is 0. The SMILES string of the molecule is Cn1c(=O)c2ccccc2n2c(COC(=O)COc3ccc4ccc(=O)oc4c3)nnc12. The molecule has 0 N–H and O–H groups in total. The average Bonchev–Trinajstić information content (AvgIpc) is 3.24. The van der Waals surface area contributed by atoms with E-state index < -0.39 is 11.6 Å². The fourth-order valence-electron chi connectivity index (χ4n) is 3.45. The quantitative estimate of drug-likeness (QED) is 0.305. The van der Waals surface area contributed by atoms with E-state index in [0.717, 1.165) is 5.39 Å². The van der Waals surface area contributed by atoms with Crippen molar-refractivity contribution in [2.45, 2.75) is 6.61 Å². The Hall–Kier alpha value is -4.47. The van der Waals surface area contributed by atoms with Gasteiger partial charge in [-0.1, -0.05) is 12.1 Å². The van der Waals surface area contributed by atoms with Crippen LogP contribution < -0.4 is 15.9 Å². The van der Waals surface area contributed by atoms with Gasteiger partial charge in [0, 0.05) is 24.6 Å². The third-order valence-corrected chi connectivity index (χ3v) is 5.01. The largest absolute Gasteiger partial charge is 0.482 e. The molecule has 0 saturated heterocycles. The van der Waals surface area contributed by atoms with Gasteiger partial charge in [0.1, 0.15) is 11.3 Å². The van der Waals surface area contributed by atoms with Gasteiger partial charge in [0.2, 0.25) is 5.78 Å². The van der Waals surface area contributed by atoms with E-state index in [-0.39, 0.29) is 18.8 Å². The molecule has 0 aliphatic heterocycles. The van der Waals surface area contributed by atoms with Gasteiger partial charge in [0.15, 0.2) is 19.0 Å². The van der Waals surface area contributed by atoms with Gasteiger partial charge in [-0.2, -0.15) is 0 Å². The fourth-order valence-corrected chi connectivity index (χ4v) is 3.45. The summed E-state index contributed by atoms with van der Waals surface area (Å²) in [4.78, 5) is 36.1. The molecule has 0 atom stereocenters. The predicted octanol–water partition coefficient (Wildman–Crippen LogP) is 1.81. The van der Waals surface area contributed by atoms with Gasteiger partial charge in [0.05, 0.1) is 10.9 Å². The van der Waals surface area contributed by atoms with Gasteiger partial charge in [-0.05, 0) is 30.3 Å². The second-order valence-electron chi connectivity index (χ2n) is 7.04. The molecule has 5 rings (SSSR count). The number of carbonyl (C=O) groups is 1. The Morgan fingerprint density at radius 2 is 1.88 bits per heavy atom. The summed E-state index contributed by atoms with van der Waals surface area (Å²) < 4.78 is 18.9. The number of rotatable bonds is 5. The van der Waals surface area contributed by atoms with Crippen LogP contribution in [0.2, 0.25) is 0 Å². The highest BCUT2D eigenvalue weighted by Gasteiger charge is 2.16. The molecule has 3 aromatic heterocycles. The lowest BCUT2D eigenvalue weighted by Gasteiger charge is -2.09. The van der Waals surface area contributed by atoms with Crippen molar-refractivity contribution in [3.8, 4) is 5.75 Å². The fraction of sp³-hybridized carbons (Fsp3) is 0.136. The summed E-state index contributed by atoms with van der Waals surface area (Å²) in [6, 6.07) is 14.9. The van der Waals surface area contributed by atoms with E-state index in [9.17, 15) is 14.4 Å². The number of nitrogens with zero attached hydrogens (tertiary/aromatic N) is 4. The molecule has 0 bridgehead atoms. The normalized spacial score (nSPS) is 11.3. The molecule has 0 spiro atoms. The van der Waals surface area contributed by atoms with Crippen molar-refractivity contribution in [3.05, 3.63) is 81.2 Å². The monoisotopic (exact) mass is 432 g/mol. The Labute approximate surface area is 179 Å². The van der Waals surface area contributed by atoms with Crippen LogP contribution in [-0.2, 0) is 23.2 Å². The van der Waals surface area contributed by atoms with Gasteiger partial charge in [-0.3, -0.25) is 13.8 Å². The molecular formula is C22H16N4O6. The van der Waals surface area contributed by atoms with Crippen molar-refractivity contribution in [2.75, 3.05) is 6.61 Å². The highest BCUT2D eigenvalue weighted by atomic mass is 16.6. The van der Waals surface area contributed by atoms with Crippen LogP contribution in [0.5, 0.6) is 5.75 Å². The van der Waals surface area contributed by atoms with E-state index in [4.69, 9.17) is 13.9 Å². The second kappa shape index (κ2) is 7.65. The van der Waals surface area contributed by atoms with Crippen molar-refractivity contribution in [1.29, 1.82) is 0 Å². The molecule has 0 fully saturated rings. The number of benzene rings is 2. The molecule has 0 radical (unpaired) electrons. The molecule has 32 heavy (non-hydrogen) atoms. The molecule has 0 amide bonds. The topological polar surface area (TPSA) is 118 Å². The maximum absolute atomic E-state index is 12.5. The minimum atomic E-state index is -0.620. The van der Waals surface area contributed by atoms with E-state index in [1.807, 2.05) is 0 Å². The second-order valence-corrected chi connectivity index (χ2v) is 7.04. The molecule has 5 aromatic rings. The van der Waals surface area contributed by atoms with Crippen LogP contribution in [0.1, 0.15) is 5.82 Å². The lowest BCUT2D eigenvalue weighted by atomic mass is 10.2. The number of ether oxygens (including phenoxy) is 2. The first-order valence-corrected chi connectivity index (χ1v) is 9.65. The molecule has 0 saturated carbocycles. The number of para-hydroxylation sites is 1. The lowest BCUT2D eigenvalue weighted by molar-refractivity contribution is -0.147. The van der Waals surface area contributed by atoms with Crippen LogP contribution in [0.3, 0.4) is 0 Å². The number of carbonyl (C=O) groups excluding carboxylic acids is 1. The summed E-state index contributed by atoms with van der Waals surface area (Å²) in [5.74, 6) is 0.449. The molecule has 10 nitrogen and oxygen atoms in total. The van der Waals surface area contributed by atoms with Crippen LogP contribution in [0.25, 0.3) is 27.6 Å². The van der Waals surface area contributed by atoms with Crippen molar-refractivity contribution in [1.82, 2.24) is 19.2 Å². The number of aryl methyl sites for hydroxylation is 1. The van der Waals surface area contributed by atoms with E-state index in [2.05, 4.69) is 10.2 Å². The summed E-state index contributed by atoms with van der Waals surface area (Å²) in [5.41, 5.74) is 0.314. The third-order valence-electron chi connectivity index (χ3n) is 5.01. The molecule has 0 aliphatic rings. The zero-order valence-corrected chi connectivity index (χ0v) is 16.8. The van der Waals surface area contributed by atoms with Gasteiger partial charge in [0.25, 0.3) is 5.56 Å². The average molecular weight is 432 g/mol. The van der Waals surface area contributed by atoms with E-state index in [1.165, 1.54) is 16.7 Å². The molecule has 0 unspecified atom stereocenters. The van der Waals surface area contributed by atoms with Gasteiger partial charge in [-0.25, -0.2) is 9.59 Å². The first-order chi connectivity index (χ1) is 15.5. The smallest absolute Gasteiger partial charge is 0.344 e. The van der Waals surface area contributed by atoms with E-state index >= 15 is 0 Å². The Bertz CT molecular complexity index is 1610. The Morgan fingerprint density at radius 1 is 1.06 bits per heavy atom. The van der Waals surface area contributed by atoms with Crippen molar-refractivity contribution in [2.24, 2.45) is 7.05 Å². The third kappa shape index (κ3) is 3.37. The van der Waals surface area contributed by atoms with E-state index in [0.29, 0.717) is 33.8 Å². The number of esters is 1. The number of hydrogen-bond acceptors (Lipinski definition) is 8. The highest BCUT2D eigenvalue weighted by molar-refractivity contribution is 5.80. The minimum absolute atomic E-state index is 0.155.